The van der Waals surface area contributed by atoms with Crippen LogP contribution in [-0.4, -0.2) is 18.1 Å². The second kappa shape index (κ2) is 6.58. The Balaban J connectivity index is 1.88. The van der Waals surface area contributed by atoms with Gasteiger partial charge in [-0.3, -0.25) is 0 Å². The predicted octanol–water partition coefficient (Wildman–Crippen LogP) is 3.88. The van der Waals surface area contributed by atoms with Crippen molar-refractivity contribution in [1.29, 1.82) is 0 Å². The zero-order chi connectivity index (χ0) is 14.7. The van der Waals surface area contributed by atoms with E-state index in [1.54, 1.807) is 0 Å². The molecular weight excluding hydrogens is 328 g/mol. The molecule has 0 amide bonds. The van der Waals surface area contributed by atoms with Crippen LogP contribution in [0.1, 0.15) is 23.7 Å². The van der Waals surface area contributed by atoms with Crippen molar-refractivity contribution in [2.45, 2.75) is 19.4 Å². The van der Waals surface area contributed by atoms with Crippen molar-refractivity contribution in [3.63, 3.8) is 0 Å². The smallest absolute Gasteiger partial charge is 0.228 e. The zero-order valence-corrected chi connectivity index (χ0v) is 13.6. The molecular formula is C17H19BrN2O. The molecule has 1 aromatic carbocycles. The van der Waals surface area contributed by atoms with Crippen molar-refractivity contribution in [3.05, 3.63) is 58.2 Å². The summed E-state index contributed by atoms with van der Waals surface area (Å²) in [4.78, 5) is 4.43. The van der Waals surface area contributed by atoms with Gasteiger partial charge in [-0.25, -0.2) is 4.98 Å². The van der Waals surface area contributed by atoms with Crippen molar-refractivity contribution in [2.24, 2.45) is 5.92 Å². The molecule has 1 aliphatic heterocycles. The van der Waals surface area contributed by atoms with Crippen molar-refractivity contribution in [3.8, 4) is 5.88 Å². The number of hydrogen-bond acceptors (Lipinski definition) is 3. The standard InChI is InChI=1S/C17H19BrN2O/c1-12-9-15(18)17(20-10-12)21-16(14-7-8-19-11-14)13-5-3-2-4-6-13/h2-6,9-10,14,16,19H,7-8,11H2,1H3/t14-,16-/m1/s1. The first-order valence-corrected chi connectivity index (χ1v) is 8.08. The number of aromatic nitrogens is 1. The highest BCUT2D eigenvalue weighted by atomic mass is 79.9. The lowest BCUT2D eigenvalue weighted by Gasteiger charge is -2.24. The Morgan fingerprint density at radius 3 is 2.81 bits per heavy atom. The second-order valence-electron chi connectivity index (χ2n) is 5.50. The fourth-order valence-corrected chi connectivity index (χ4v) is 3.30. The van der Waals surface area contributed by atoms with Crippen molar-refractivity contribution in [1.82, 2.24) is 10.3 Å². The Bertz CT molecular complexity index is 597. The molecule has 0 spiro atoms. The molecule has 4 heteroatoms. The minimum atomic E-state index is 0.0349. The van der Waals surface area contributed by atoms with Crippen LogP contribution in [0.2, 0.25) is 0 Å². The van der Waals surface area contributed by atoms with Crippen LogP contribution in [0.25, 0.3) is 0 Å². The van der Waals surface area contributed by atoms with Gasteiger partial charge in [0, 0.05) is 18.7 Å². The minimum Gasteiger partial charge on any atom is -0.468 e. The first-order chi connectivity index (χ1) is 10.2. The summed E-state index contributed by atoms with van der Waals surface area (Å²) in [6.07, 6.45) is 3.01. The van der Waals surface area contributed by atoms with Crippen LogP contribution in [0.3, 0.4) is 0 Å². The molecule has 2 heterocycles. The summed E-state index contributed by atoms with van der Waals surface area (Å²) >= 11 is 3.55. The summed E-state index contributed by atoms with van der Waals surface area (Å²) in [7, 11) is 0. The molecule has 1 N–H and O–H groups in total. The van der Waals surface area contributed by atoms with Crippen LogP contribution in [0.5, 0.6) is 5.88 Å². The van der Waals surface area contributed by atoms with Crippen molar-refractivity contribution >= 4 is 15.9 Å². The lowest BCUT2D eigenvalue weighted by Crippen LogP contribution is -2.21. The van der Waals surface area contributed by atoms with E-state index in [-0.39, 0.29) is 6.10 Å². The zero-order valence-electron chi connectivity index (χ0n) is 12.1. The number of halogens is 1. The number of benzene rings is 1. The van der Waals surface area contributed by atoms with Gasteiger partial charge in [0.05, 0.1) is 4.47 Å². The average molecular weight is 347 g/mol. The van der Waals surface area contributed by atoms with Gasteiger partial charge in [0.1, 0.15) is 6.10 Å². The van der Waals surface area contributed by atoms with Gasteiger partial charge in [-0.2, -0.15) is 0 Å². The van der Waals surface area contributed by atoms with Gasteiger partial charge in [-0.15, -0.1) is 0 Å². The van der Waals surface area contributed by atoms with Crippen LogP contribution in [-0.2, 0) is 0 Å². The average Bonchev–Trinajstić information content (AvgIpc) is 3.01. The predicted molar refractivity (Wildman–Crippen MR) is 87.5 cm³/mol. The fraction of sp³-hybridized carbons (Fsp3) is 0.353. The lowest BCUT2D eigenvalue weighted by molar-refractivity contribution is 0.137. The number of rotatable bonds is 4. The van der Waals surface area contributed by atoms with Crippen LogP contribution in [0.4, 0.5) is 0 Å². The molecule has 0 radical (unpaired) electrons. The molecule has 1 fully saturated rings. The first-order valence-electron chi connectivity index (χ1n) is 7.28. The highest BCUT2D eigenvalue weighted by Crippen LogP contribution is 2.34. The molecule has 0 bridgehead atoms. The summed E-state index contributed by atoms with van der Waals surface area (Å²) in [5.41, 5.74) is 2.33. The van der Waals surface area contributed by atoms with E-state index in [0.717, 1.165) is 29.5 Å². The summed E-state index contributed by atoms with van der Waals surface area (Å²) in [6.45, 7) is 4.07. The van der Waals surface area contributed by atoms with E-state index in [0.29, 0.717) is 11.8 Å². The van der Waals surface area contributed by atoms with E-state index in [4.69, 9.17) is 4.74 Å². The number of aryl methyl sites for hydroxylation is 1. The molecule has 110 valence electrons. The Morgan fingerprint density at radius 2 is 2.14 bits per heavy atom. The number of hydrogen-bond donors (Lipinski definition) is 1. The number of nitrogens with zero attached hydrogens (tertiary/aromatic N) is 1. The van der Waals surface area contributed by atoms with E-state index in [1.165, 1.54) is 5.56 Å². The SMILES string of the molecule is Cc1cnc(O[C@H](c2ccccc2)[C@@H]2CCNC2)c(Br)c1. The third kappa shape index (κ3) is 3.44. The fourth-order valence-electron chi connectivity index (χ4n) is 2.74. The minimum absolute atomic E-state index is 0.0349. The van der Waals surface area contributed by atoms with Gasteiger partial charge in [0.2, 0.25) is 5.88 Å². The topological polar surface area (TPSA) is 34.1 Å². The van der Waals surface area contributed by atoms with E-state index in [2.05, 4.69) is 50.5 Å². The maximum Gasteiger partial charge on any atom is 0.228 e. The Hall–Kier alpha value is -1.39. The van der Waals surface area contributed by atoms with E-state index >= 15 is 0 Å². The highest BCUT2D eigenvalue weighted by Gasteiger charge is 2.28. The summed E-state index contributed by atoms with van der Waals surface area (Å²) in [5.74, 6) is 1.14. The monoisotopic (exact) mass is 346 g/mol. The third-order valence-corrected chi connectivity index (χ3v) is 4.41. The summed E-state index contributed by atoms with van der Waals surface area (Å²) in [6, 6.07) is 12.5. The number of ether oxygens (including phenoxy) is 1. The highest BCUT2D eigenvalue weighted by molar-refractivity contribution is 9.10. The molecule has 3 rings (SSSR count). The first kappa shape index (κ1) is 14.5. The molecule has 0 saturated carbocycles. The summed E-state index contributed by atoms with van der Waals surface area (Å²) < 4.78 is 7.18. The van der Waals surface area contributed by atoms with E-state index < -0.39 is 0 Å². The van der Waals surface area contributed by atoms with Crippen LogP contribution in [0, 0.1) is 12.8 Å². The Kier molecular flexibility index (Phi) is 4.56. The maximum atomic E-state index is 6.27. The lowest BCUT2D eigenvalue weighted by atomic mass is 9.95. The van der Waals surface area contributed by atoms with Gasteiger partial charge < -0.3 is 10.1 Å². The molecule has 2 aromatic rings. The van der Waals surface area contributed by atoms with Gasteiger partial charge in [0.25, 0.3) is 0 Å². The molecule has 1 aromatic heterocycles. The maximum absolute atomic E-state index is 6.27. The second-order valence-corrected chi connectivity index (χ2v) is 6.36. The molecule has 2 atom stereocenters. The number of pyridine rings is 1. The normalized spacial score (nSPS) is 19.4. The molecule has 0 aliphatic carbocycles. The third-order valence-electron chi connectivity index (χ3n) is 3.84. The Morgan fingerprint density at radius 1 is 1.33 bits per heavy atom. The van der Waals surface area contributed by atoms with Crippen LogP contribution in [0.15, 0.2) is 47.1 Å². The van der Waals surface area contributed by atoms with Crippen LogP contribution >= 0.6 is 15.9 Å². The van der Waals surface area contributed by atoms with Gasteiger partial charge >= 0.3 is 0 Å². The molecule has 1 aliphatic rings. The summed E-state index contributed by atoms with van der Waals surface area (Å²) in [5, 5.41) is 3.42. The molecule has 1 saturated heterocycles. The van der Waals surface area contributed by atoms with Gasteiger partial charge in [-0.05, 0) is 53.0 Å². The molecule has 21 heavy (non-hydrogen) atoms. The van der Waals surface area contributed by atoms with Crippen molar-refractivity contribution < 1.29 is 4.74 Å². The number of nitrogens with one attached hydrogen (secondary N) is 1. The van der Waals surface area contributed by atoms with E-state index in [1.807, 2.05) is 25.3 Å². The van der Waals surface area contributed by atoms with Gasteiger partial charge in [0.15, 0.2) is 0 Å². The molecule has 3 nitrogen and oxygen atoms in total. The van der Waals surface area contributed by atoms with Crippen molar-refractivity contribution in [2.75, 3.05) is 13.1 Å². The quantitative estimate of drug-likeness (QED) is 0.911. The van der Waals surface area contributed by atoms with Gasteiger partial charge in [-0.1, -0.05) is 30.3 Å². The Labute approximate surface area is 133 Å². The largest absolute Gasteiger partial charge is 0.468 e. The van der Waals surface area contributed by atoms with Crippen LogP contribution < -0.4 is 10.1 Å². The van der Waals surface area contributed by atoms with E-state index in [9.17, 15) is 0 Å². The molecule has 0 unspecified atom stereocenters.